The minimum Gasteiger partial charge on any atom is -0.360 e. The molecule has 0 rings (SSSR count). The predicted octanol–water partition coefficient (Wildman–Crippen LogP) is 3.32. The minimum absolute atomic E-state index is 0.00458. The van der Waals surface area contributed by atoms with E-state index in [0.717, 1.165) is 0 Å². The van der Waals surface area contributed by atoms with Crippen LogP contribution in [-0.2, 0) is 18.4 Å². The van der Waals surface area contributed by atoms with Gasteiger partial charge >= 0.3 is 7.60 Å². The third-order valence-corrected chi connectivity index (χ3v) is 4.65. The largest absolute Gasteiger partial charge is 0.360 e. The first kappa shape index (κ1) is 20.3. The van der Waals surface area contributed by atoms with Gasteiger partial charge in [-0.25, -0.2) is 0 Å². The second-order valence-electron chi connectivity index (χ2n) is 5.30. The van der Waals surface area contributed by atoms with Gasteiger partial charge in [0.25, 0.3) is 0 Å². The summed E-state index contributed by atoms with van der Waals surface area (Å²) in [5, 5.41) is 0. The van der Waals surface area contributed by atoms with E-state index in [4.69, 9.17) is 9.05 Å². The average molecular weight is 320 g/mol. The third kappa shape index (κ3) is 8.34. The second kappa shape index (κ2) is 9.34. The molecule has 0 aromatic carbocycles. The van der Waals surface area contributed by atoms with E-state index in [-0.39, 0.29) is 24.3 Å². The molecule has 124 valence electrons. The lowest BCUT2D eigenvalue weighted by molar-refractivity contribution is -0.115. The Bertz CT molecular complexity index is 390. The molecule has 0 fully saturated rings. The molecule has 1 amide bonds. The summed E-state index contributed by atoms with van der Waals surface area (Å²) in [6.07, 6.45) is -0.459. The van der Waals surface area contributed by atoms with Crippen molar-refractivity contribution in [2.24, 2.45) is 4.99 Å². The highest BCUT2D eigenvalue weighted by molar-refractivity contribution is 7.55. The van der Waals surface area contributed by atoms with Gasteiger partial charge in [-0.15, -0.1) is 0 Å². The quantitative estimate of drug-likeness (QED) is 0.390. The zero-order valence-electron chi connectivity index (χ0n) is 14.3. The van der Waals surface area contributed by atoms with Crippen molar-refractivity contribution >= 4 is 19.3 Å². The molecule has 0 aliphatic rings. The minimum atomic E-state index is -3.35. The molecule has 6 nitrogen and oxygen atoms in total. The van der Waals surface area contributed by atoms with E-state index in [2.05, 4.69) is 4.99 Å². The first-order chi connectivity index (χ1) is 9.63. The number of rotatable bonds is 8. The zero-order valence-corrected chi connectivity index (χ0v) is 15.1. The lowest BCUT2D eigenvalue weighted by Gasteiger charge is -2.28. The molecule has 21 heavy (non-hydrogen) atoms. The van der Waals surface area contributed by atoms with Crippen molar-refractivity contribution in [2.75, 3.05) is 19.3 Å². The van der Waals surface area contributed by atoms with Crippen LogP contribution in [0, 0.1) is 0 Å². The van der Waals surface area contributed by atoms with Crippen molar-refractivity contribution in [3.8, 4) is 0 Å². The van der Waals surface area contributed by atoms with Crippen LogP contribution in [0.1, 0.15) is 48.5 Å². The fourth-order valence-corrected chi connectivity index (χ4v) is 3.99. The van der Waals surface area contributed by atoms with E-state index in [1.54, 1.807) is 27.7 Å². The Hall–Kier alpha value is -0.710. The maximum atomic E-state index is 12.9. The number of amides is 1. The summed E-state index contributed by atoms with van der Waals surface area (Å²) < 4.78 is 23.9. The number of hydrogen-bond acceptors (Lipinski definition) is 4. The lowest BCUT2D eigenvalue weighted by Crippen LogP contribution is -2.34. The van der Waals surface area contributed by atoms with Gasteiger partial charge in [-0.1, -0.05) is 0 Å². The summed E-state index contributed by atoms with van der Waals surface area (Å²) in [7, 11) is -3.35. The van der Waals surface area contributed by atoms with E-state index in [1.807, 2.05) is 18.7 Å². The molecule has 0 unspecified atom stereocenters. The van der Waals surface area contributed by atoms with Crippen molar-refractivity contribution in [3.05, 3.63) is 0 Å². The smallest absolute Gasteiger partial charge is 0.338 e. The van der Waals surface area contributed by atoms with E-state index >= 15 is 0 Å². The van der Waals surface area contributed by atoms with Crippen LogP contribution in [-0.4, -0.2) is 48.1 Å². The van der Waals surface area contributed by atoms with E-state index in [9.17, 15) is 9.36 Å². The molecule has 0 heterocycles. The van der Waals surface area contributed by atoms with Gasteiger partial charge in [0.15, 0.2) is 0 Å². The van der Waals surface area contributed by atoms with Crippen LogP contribution in [0.2, 0.25) is 0 Å². The first-order valence-electron chi connectivity index (χ1n) is 7.42. The zero-order chi connectivity index (χ0) is 16.6. The van der Waals surface area contributed by atoms with Crippen molar-refractivity contribution in [1.29, 1.82) is 0 Å². The first-order valence-corrected chi connectivity index (χ1v) is 9.15. The van der Waals surface area contributed by atoms with Gasteiger partial charge in [0.1, 0.15) is 12.0 Å². The summed E-state index contributed by atoms with van der Waals surface area (Å²) in [5.41, 5.74) is 0. The van der Waals surface area contributed by atoms with Crippen LogP contribution >= 0.6 is 7.60 Å². The summed E-state index contributed by atoms with van der Waals surface area (Å²) in [4.78, 5) is 17.2. The Morgan fingerprint density at radius 2 is 1.52 bits per heavy atom. The van der Waals surface area contributed by atoms with Crippen molar-refractivity contribution < 1.29 is 18.4 Å². The summed E-state index contributed by atoms with van der Waals surface area (Å²) in [6, 6.07) is 0. The van der Waals surface area contributed by atoms with Crippen LogP contribution in [0.3, 0.4) is 0 Å². The number of amidine groups is 1. The Morgan fingerprint density at radius 1 is 1.10 bits per heavy atom. The van der Waals surface area contributed by atoms with Gasteiger partial charge in [-0.3, -0.25) is 9.36 Å². The number of hydrogen-bond donors (Lipinski definition) is 0. The van der Waals surface area contributed by atoms with E-state index in [0.29, 0.717) is 18.9 Å². The summed E-state index contributed by atoms with van der Waals surface area (Å²) >= 11 is 0. The molecular weight excluding hydrogens is 291 g/mol. The number of carbonyl (C=O) groups is 1. The molecule has 7 heteroatoms. The maximum absolute atomic E-state index is 12.9. The highest BCUT2D eigenvalue weighted by Crippen LogP contribution is 2.50. The molecule has 0 radical (unpaired) electrons. The monoisotopic (exact) mass is 320 g/mol. The standard InChI is InChI=1S/C14H29N2O4P/c1-8-16(9-2)14(15-13(7)17)10-21(18,19-11(3)4)20-12(5)6/h11-12H,8-10H2,1-7H3. The highest BCUT2D eigenvalue weighted by Gasteiger charge is 2.31. The SMILES string of the molecule is CCN(CC)C(CP(=O)(OC(C)C)OC(C)C)=NC(C)=O. The van der Waals surface area contributed by atoms with Crippen LogP contribution in [0.4, 0.5) is 0 Å². The Kier molecular flexibility index (Phi) is 9.02. The molecule has 0 aliphatic carbocycles. The summed E-state index contributed by atoms with van der Waals surface area (Å²) in [6.45, 7) is 13.8. The van der Waals surface area contributed by atoms with Crippen LogP contribution < -0.4 is 0 Å². The van der Waals surface area contributed by atoms with Crippen LogP contribution in [0.15, 0.2) is 4.99 Å². The second-order valence-corrected chi connectivity index (χ2v) is 7.26. The molecule has 0 spiro atoms. The number of nitrogens with zero attached hydrogens (tertiary/aromatic N) is 2. The lowest BCUT2D eigenvalue weighted by atomic mass is 10.4. The van der Waals surface area contributed by atoms with Crippen LogP contribution in [0.25, 0.3) is 0 Å². The molecule has 0 saturated heterocycles. The third-order valence-electron chi connectivity index (χ3n) is 2.49. The van der Waals surface area contributed by atoms with Gasteiger partial charge in [-0.05, 0) is 41.5 Å². The molecule has 0 saturated carbocycles. The average Bonchev–Trinajstić information content (AvgIpc) is 2.26. The Labute approximate surface area is 128 Å². The van der Waals surface area contributed by atoms with Crippen molar-refractivity contribution in [2.45, 2.75) is 60.7 Å². The normalized spacial score (nSPS) is 13.1. The van der Waals surface area contributed by atoms with E-state index < -0.39 is 7.60 Å². The molecule has 0 N–H and O–H groups in total. The Balaban J connectivity index is 5.39. The van der Waals surface area contributed by atoms with Crippen molar-refractivity contribution in [3.63, 3.8) is 0 Å². The van der Waals surface area contributed by atoms with Gasteiger partial charge < -0.3 is 13.9 Å². The number of carbonyl (C=O) groups excluding carboxylic acids is 1. The molecule has 0 aromatic rings. The van der Waals surface area contributed by atoms with Gasteiger partial charge in [-0.2, -0.15) is 4.99 Å². The molecular formula is C14H29N2O4P. The molecule has 0 atom stereocenters. The number of aliphatic imine (C=N–C) groups is 1. The highest BCUT2D eigenvalue weighted by atomic mass is 31.2. The fourth-order valence-electron chi connectivity index (χ4n) is 1.89. The predicted molar refractivity (Wildman–Crippen MR) is 86.0 cm³/mol. The molecule has 0 bridgehead atoms. The molecule has 0 aromatic heterocycles. The van der Waals surface area contributed by atoms with Crippen LogP contribution in [0.5, 0.6) is 0 Å². The summed E-state index contributed by atoms with van der Waals surface area (Å²) in [5.74, 6) is 0.134. The van der Waals surface area contributed by atoms with E-state index in [1.165, 1.54) is 6.92 Å². The van der Waals surface area contributed by atoms with Gasteiger partial charge in [0.2, 0.25) is 5.91 Å². The maximum Gasteiger partial charge on any atom is 0.338 e. The Morgan fingerprint density at radius 3 is 1.81 bits per heavy atom. The fraction of sp³-hybridized carbons (Fsp3) is 0.857. The molecule has 0 aliphatic heterocycles. The van der Waals surface area contributed by atoms with Crippen molar-refractivity contribution in [1.82, 2.24) is 4.90 Å². The van der Waals surface area contributed by atoms with Gasteiger partial charge in [0.05, 0.1) is 12.2 Å². The van der Waals surface area contributed by atoms with Gasteiger partial charge in [0, 0.05) is 20.0 Å². The topological polar surface area (TPSA) is 68.2 Å².